The van der Waals surface area contributed by atoms with E-state index < -0.39 is 10.0 Å². The second kappa shape index (κ2) is 7.51. The molecule has 5 heteroatoms. The molecule has 0 heterocycles. The lowest BCUT2D eigenvalue weighted by atomic mass is 10.2. The van der Waals surface area contributed by atoms with Crippen molar-refractivity contribution in [1.29, 1.82) is 0 Å². The van der Waals surface area contributed by atoms with Crippen LogP contribution in [0.25, 0.3) is 0 Å². The Morgan fingerprint density at radius 3 is 2.50 bits per heavy atom. The number of sulfonamides is 1. The summed E-state index contributed by atoms with van der Waals surface area (Å²) in [5.74, 6) is 0.159. The van der Waals surface area contributed by atoms with Gasteiger partial charge < -0.3 is 5.32 Å². The fourth-order valence-electron chi connectivity index (χ4n) is 1.60. The Kier molecular flexibility index (Phi) is 6.32. The Morgan fingerprint density at radius 1 is 1.22 bits per heavy atom. The van der Waals surface area contributed by atoms with Crippen molar-refractivity contribution in [3.8, 4) is 0 Å². The third kappa shape index (κ3) is 5.16. The minimum Gasteiger partial charge on any atom is -0.316 e. The standard InChI is InChI=1S/C13H22N2O2S/c1-3-14-10-12-18(16,17)15(2)11-9-13-7-5-4-6-8-13/h4-8,14H,3,9-12H2,1-2H3. The monoisotopic (exact) mass is 270 g/mol. The molecule has 0 radical (unpaired) electrons. The van der Waals surface area contributed by atoms with Gasteiger partial charge in [0.1, 0.15) is 0 Å². The van der Waals surface area contributed by atoms with Gasteiger partial charge in [-0.3, -0.25) is 0 Å². The lowest BCUT2D eigenvalue weighted by Gasteiger charge is -2.17. The quantitative estimate of drug-likeness (QED) is 0.720. The van der Waals surface area contributed by atoms with Gasteiger partial charge >= 0.3 is 0 Å². The maximum absolute atomic E-state index is 11.9. The van der Waals surface area contributed by atoms with Gasteiger partial charge in [0.05, 0.1) is 5.75 Å². The molecule has 1 aromatic rings. The molecule has 18 heavy (non-hydrogen) atoms. The van der Waals surface area contributed by atoms with Crippen LogP contribution in [-0.4, -0.2) is 45.2 Å². The molecular weight excluding hydrogens is 248 g/mol. The van der Waals surface area contributed by atoms with Crippen LogP contribution in [-0.2, 0) is 16.4 Å². The van der Waals surface area contributed by atoms with Gasteiger partial charge in [-0.25, -0.2) is 12.7 Å². The first-order valence-electron chi connectivity index (χ1n) is 6.25. The Bertz CT molecular complexity index is 432. The summed E-state index contributed by atoms with van der Waals surface area (Å²) in [6.45, 7) is 3.79. The summed E-state index contributed by atoms with van der Waals surface area (Å²) in [4.78, 5) is 0. The SMILES string of the molecule is CCNCCS(=O)(=O)N(C)CCc1ccccc1. The summed E-state index contributed by atoms with van der Waals surface area (Å²) >= 11 is 0. The van der Waals surface area contributed by atoms with Gasteiger partial charge in [-0.1, -0.05) is 37.3 Å². The molecule has 0 atom stereocenters. The Labute approximate surface area is 110 Å². The second-order valence-electron chi connectivity index (χ2n) is 4.23. The molecule has 0 aliphatic rings. The Balaban J connectivity index is 2.42. The van der Waals surface area contributed by atoms with Crippen LogP contribution in [0.1, 0.15) is 12.5 Å². The first kappa shape index (κ1) is 15.1. The van der Waals surface area contributed by atoms with Crippen LogP contribution in [0.3, 0.4) is 0 Å². The van der Waals surface area contributed by atoms with Gasteiger partial charge in [0, 0.05) is 20.1 Å². The Morgan fingerprint density at radius 2 is 1.89 bits per heavy atom. The first-order chi connectivity index (χ1) is 8.56. The van der Waals surface area contributed by atoms with E-state index in [9.17, 15) is 8.42 Å². The summed E-state index contributed by atoms with van der Waals surface area (Å²) in [6.07, 6.45) is 0.748. The highest BCUT2D eigenvalue weighted by Crippen LogP contribution is 2.03. The average Bonchev–Trinajstić information content (AvgIpc) is 2.37. The van der Waals surface area contributed by atoms with Gasteiger partial charge in [0.2, 0.25) is 10.0 Å². The zero-order valence-electron chi connectivity index (χ0n) is 11.1. The molecule has 0 amide bonds. The summed E-state index contributed by atoms with van der Waals surface area (Å²) in [5, 5.41) is 3.03. The van der Waals surface area contributed by atoms with Gasteiger partial charge in [0.25, 0.3) is 0 Å². The number of hydrogen-bond donors (Lipinski definition) is 1. The Hall–Kier alpha value is -0.910. The van der Waals surface area contributed by atoms with E-state index in [1.165, 1.54) is 4.31 Å². The zero-order valence-corrected chi connectivity index (χ0v) is 11.9. The molecule has 102 valence electrons. The van der Waals surface area contributed by atoms with E-state index in [1.54, 1.807) is 7.05 Å². The van der Waals surface area contributed by atoms with Crippen LogP contribution >= 0.6 is 0 Å². The van der Waals surface area contributed by atoms with Crippen LogP contribution in [0, 0.1) is 0 Å². The summed E-state index contributed by atoms with van der Waals surface area (Å²) in [5.41, 5.74) is 1.16. The smallest absolute Gasteiger partial charge is 0.215 e. The molecule has 0 bridgehead atoms. The molecule has 1 N–H and O–H groups in total. The molecule has 1 rings (SSSR count). The highest BCUT2D eigenvalue weighted by Gasteiger charge is 2.16. The van der Waals surface area contributed by atoms with E-state index in [0.29, 0.717) is 13.1 Å². The summed E-state index contributed by atoms with van der Waals surface area (Å²) in [7, 11) is -1.49. The minimum atomic E-state index is -3.13. The molecular formula is C13H22N2O2S. The number of rotatable bonds is 8. The molecule has 0 aliphatic carbocycles. The van der Waals surface area contributed by atoms with Crippen molar-refractivity contribution >= 4 is 10.0 Å². The van der Waals surface area contributed by atoms with Crippen molar-refractivity contribution in [2.24, 2.45) is 0 Å². The topological polar surface area (TPSA) is 49.4 Å². The summed E-state index contributed by atoms with van der Waals surface area (Å²) in [6, 6.07) is 9.92. The van der Waals surface area contributed by atoms with Gasteiger partial charge in [-0.05, 0) is 18.5 Å². The van der Waals surface area contributed by atoms with Crippen LogP contribution in [0.4, 0.5) is 0 Å². The highest BCUT2D eigenvalue weighted by atomic mass is 32.2. The molecule has 0 aliphatic heterocycles. The summed E-state index contributed by atoms with van der Waals surface area (Å²) < 4.78 is 25.3. The highest BCUT2D eigenvalue weighted by molar-refractivity contribution is 7.89. The molecule has 0 spiro atoms. The fraction of sp³-hybridized carbons (Fsp3) is 0.538. The van der Waals surface area contributed by atoms with Crippen molar-refractivity contribution in [1.82, 2.24) is 9.62 Å². The largest absolute Gasteiger partial charge is 0.316 e. The maximum Gasteiger partial charge on any atom is 0.215 e. The number of nitrogens with zero attached hydrogens (tertiary/aromatic N) is 1. The van der Waals surface area contributed by atoms with E-state index in [4.69, 9.17) is 0 Å². The average molecular weight is 270 g/mol. The lowest BCUT2D eigenvalue weighted by molar-refractivity contribution is 0.471. The van der Waals surface area contributed by atoms with E-state index in [2.05, 4.69) is 5.32 Å². The van der Waals surface area contributed by atoms with Crippen LogP contribution in [0.2, 0.25) is 0 Å². The minimum absolute atomic E-state index is 0.159. The predicted octanol–water partition coefficient (Wildman–Crippen LogP) is 1.10. The number of nitrogens with one attached hydrogen (secondary N) is 1. The molecule has 0 saturated carbocycles. The molecule has 0 aromatic heterocycles. The van der Waals surface area contributed by atoms with Crippen LogP contribution in [0.15, 0.2) is 30.3 Å². The molecule has 4 nitrogen and oxygen atoms in total. The van der Waals surface area contributed by atoms with Gasteiger partial charge in [0.15, 0.2) is 0 Å². The second-order valence-corrected chi connectivity index (χ2v) is 6.42. The number of benzene rings is 1. The van der Waals surface area contributed by atoms with Gasteiger partial charge in [-0.2, -0.15) is 0 Å². The van der Waals surface area contributed by atoms with E-state index >= 15 is 0 Å². The molecule has 0 unspecified atom stereocenters. The fourth-order valence-corrected chi connectivity index (χ4v) is 2.69. The van der Waals surface area contributed by atoms with E-state index in [0.717, 1.165) is 18.5 Å². The molecule has 0 saturated heterocycles. The molecule has 1 aromatic carbocycles. The number of likely N-dealkylation sites (N-methyl/N-ethyl adjacent to an activating group) is 1. The van der Waals surface area contributed by atoms with Crippen LogP contribution in [0.5, 0.6) is 0 Å². The number of hydrogen-bond acceptors (Lipinski definition) is 3. The molecule has 0 fully saturated rings. The first-order valence-corrected chi connectivity index (χ1v) is 7.86. The maximum atomic E-state index is 11.9. The van der Waals surface area contributed by atoms with E-state index in [-0.39, 0.29) is 5.75 Å². The van der Waals surface area contributed by atoms with Crippen molar-refractivity contribution in [2.75, 3.05) is 32.4 Å². The van der Waals surface area contributed by atoms with Gasteiger partial charge in [-0.15, -0.1) is 0 Å². The van der Waals surface area contributed by atoms with Crippen molar-refractivity contribution in [3.05, 3.63) is 35.9 Å². The zero-order chi connectivity index (χ0) is 13.4. The normalized spacial score (nSPS) is 11.9. The predicted molar refractivity (Wildman–Crippen MR) is 75.1 cm³/mol. The third-order valence-corrected chi connectivity index (χ3v) is 4.67. The van der Waals surface area contributed by atoms with E-state index in [1.807, 2.05) is 37.3 Å². The third-order valence-electron chi connectivity index (χ3n) is 2.82. The van der Waals surface area contributed by atoms with Crippen molar-refractivity contribution in [2.45, 2.75) is 13.3 Å². The van der Waals surface area contributed by atoms with Crippen molar-refractivity contribution < 1.29 is 8.42 Å². The van der Waals surface area contributed by atoms with Crippen molar-refractivity contribution in [3.63, 3.8) is 0 Å². The lowest BCUT2D eigenvalue weighted by Crippen LogP contribution is -2.34. The van der Waals surface area contributed by atoms with Crippen LogP contribution < -0.4 is 5.32 Å².